The standard InChI is InChI=1S/C21H26N4O2S.C14H22N4O2S/c1-16-12-20-19(14-24(16)13-17-6-4-3-5-7-17)21(23-15-22-20)18-8-10-25(11-9-18)28(2,26)27;1-10-7-13-12(8-15-10)14(17-9-16-13)11-3-5-18(6-4-11)21(2,19)20/h3-8,15-16H,9-14H2,1-2H3;9-11,15H,3-8H2,1-2H3/t16-;10-/m11/s1. The van der Waals surface area contributed by atoms with Crippen LogP contribution in [0.1, 0.15) is 78.5 Å². The molecule has 3 aromatic rings. The molecule has 0 aliphatic carbocycles. The molecule has 7 rings (SSSR count). The van der Waals surface area contributed by atoms with Gasteiger partial charge in [0.2, 0.25) is 20.0 Å². The van der Waals surface area contributed by atoms with Crippen LogP contribution >= 0.6 is 0 Å². The predicted molar refractivity (Wildman–Crippen MR) is 190 cm³/mol. The molecule has 0 bridgehead atoms. The van der Waals surface area contributed by atoms with E-state index in [-0.39, 0.29) is 0 Å². The Labute approximate surface area is 291 Å². The van der Waals surface area contributed by atoms with E-state index >= 15 is 0 Å². The number of hydrogen-bond acceptors (Lipinski definition) is 10. The van der Waals surface area contributed by atoms with Crippen LogP contribution in [-0.4, -0.2) is 101 Å². The summed E-state index contributed by atoms with van der Waals surface area (Å²) in [5, 5.41) is 3.46. The van der Waals surface area contributed by atoms with E-state index in [1.807, 2.05) is 12.1 Å². The summed E-state index contributed by atoms with van der Waals surface area (Å²) in [6, 6.07) is 11.4. The molecule has 1 N–H and O–H groups in total. The van der Waals surface area contributed by atoms with Crippen molar-refractivity contribution in [1.29, 1.82) is 0 Å². The molecule has 1 aromatic carbocycles. The molecule has 264 valence electrons. The minimum absolute atomic E-state index is 0.343. The van der Waals surface area contributed by atoms with E-state index in [4.69, 9.17) is 0 Å². The third kappa shape index (κ3) is 8.61. The highest BCUT2D eigenvalue weighted by atomic mass is 32.2. The molecule has 0 radical (unpaired) electrons. The van der Waals surface area contributed by atoms with E-state index in [0.717, 1.165) is 73.7 Å². The Kier molecular flexibility index (Phi) is 10.9. The van der Waals surface area contributed by atoms with Crippen LogP contribution < -0.4 is 5.32 Å². The molecule has 0 saturated carbocycles. The summed E-state index contributed by atoms with van der Waals surface area (Å²) in [7, 11) is -6.22. The van der Waals surface area contributed by atoms with Gasteiger partial charge in [-0.15, -0.1) is 0 Å². The van der Waals surface area contributed by atoms with Crippen LogP contribution in [0.5, 0.6) is 0 Å². The van der Waals surface area contributed by atoms with Crippen molar-refractivity contribution in [3.63, 3.8) is 0 Å². The van der Waals surface area contributed by atoms with Crippen LogP contribution in [0.4, 0.5) is 0 Å². The molecule has 0 unspecified atom stereocenters. The number of benzene rings is 1. The van der Waals surface area contributed by atoms with Crippen LogP contribution in [-0.2, 0) is 52.5 Å². The van der Waals surface area contributed by atoms with Crippen LogP contribution in [0, 0.1) is 0 Å². The van der Waals surface area contributed by atoms with Gasteiger partial charge in [0, 0.05) is 87.8 Å². The average molecular weight is 709 g/mol. The lowest BCUT2D eigenvalue weighted by Crippen LogP contribution is -2.39. The maximum Gasteiger partial charge on any atom is 0.211 e. The van der Waals surface area contributed by atoms with Gasteiger partial charge in [-0.2, -0.15) is 4.31 Å². The molecule has 6 heterocycles. The zero-order valence-corrected chi connectivity index (χ0v) is 30.5. The summed E-state index contributed by atoms with van der Waals surface area (Å²) < 4.78 is 49.8. The lowest BCUT2D eigenvalue weighted by atomic mass is 9.88. The number of aromatic nitrogens is 4. The van der Waals surface area contributed by atoms with Crippen molar-refractivity contribution in [3.8, 4) is 0 Å². The Morgan fingerprint density at radius 1 is 0.816 bits per heavy atom. The normalized spacial score (nSPS) is 22.7. The fourth-order valence-electron chi connectivity index (χ4n) is 7.32. The first-order valence-corrected chi connectivity index (χ1v) is 20.8. The topological polar surface area (TPSA) is 142 Å². The van der Waals surface area contributed by atoms with E-state index < -0.39 is 20.0 Å². The van der Waals surface area contributed by atoms with Gasteiger partial charge in [0.25, 0.3) is 0 Å². The van der Waals surface area contributed by atoms with Crippen molar-refractivity contribution in [1.82, 2.24) is 38.8 Å². The molecule has 4 aliphatic heterocycles. The third-order valence-corrected chi connectivity index (χ3v) is 12.8. The quantitative estimate of drug-likeness (QED) is 0.406. The second kappa shape index (κ2) is 15.0. The molecule has 2 atom stereocenters. The second-order valence-electron chi connectivity index (χ2n) is 13.8. The number of fused-ring (bicyclic) bond motifs is 2. The molecule has 4 aliphatic rings. The van der Waals surface area contributed by atoms with Gasteiger partial charge in [0.05, 0.1) is 35.3 Å². The number of rotatable bonds is 6. The number of piperidine rings is 1. The molecule has 49 heavy (non-hydrogen) atoms. The second-order valence-corrected chi connectivity index (χ2v) is 17.8. The van der Waals surface area contributed by atoms with Crippen LogP contribution in [0.15, 0.2) is 49.1 Å². The summed E-state index contributed by atoms with van der Waals surface area (Å²) >= 11 is 0. The first-order valence-electron chi connectivity index (χ1n) is 17.1. The predicted octanol–water partition coefficient (Wildman–Crippen LogP) is 3.12. The van der Waals surface area contributed by atoms with Crippen molar-refractivity contribution >= 4 is 25.6 Å². The number of nitrogens with zero attached hydrogens (tertiary/aromatic N) is 7. The molecule has 14 heteroatoms. The lowest BCUT2D eigenvalue weighted by molar-refractivity contribution is 0.172. The third-order valence-electron chi connectivity index (χ3n) is 10.2. The smallest absolute Gasteiger partial charge is 0.211 e. The molecular formula is C35H48N8O4S2. The summed E-state index contributed by atoms with van der Waals surface area (Å²) in [6.07, 6.45) is 12.1. The van der Waals surface area contributed by atoms with Gasteiger partial charge in [0.15, 0.2) is 0 Å². The Balaban J connectivity index is 0.000000177. The Morgan fingerprint density at radius 2 is 1.49 bits per heavy atom. The molecule has 0 amide bonds. The maximum atomic E-state index is 11.8. The van der Waals surface area contributed by atoms with Crippen LogP contribution in [0.25, 0.3) is 5.57 Å². The van der Waals surface area contributed by atoms with Gasteiger partial charge >= 0.3 is 0 Å². The maximum absolute atomic E-state index is 11.8. The first kappa shape index (κ1) is 35.7. The van der Waals surface area contributed by atoms with E-state index in [0.29, 0.717) is 50.6 Å². The molecule has 2 aromatic heterocycles. The molecule has 1 saturated heterocycles. The van der Waals surface area contributed by atoms with Gasteiger partial charge in [0.1, 0.15) is 12.7 Å². The number of hydrogen-bond donors (Lipinski definition) is 1. The summed E-state index contributed by atoms with van der Waals surface area (Å²) in [5.74, 6) is 0.343. The highest BCUT2D eigenvalue weighted by Gasteiger charge is 2.31. The largest absolute Gasteiger partial charge is 0.310 e. The molecule has 1 fully saturated rings. The zero-order chi connectivity index (χ0) is 34.8. The van der Waals surface area contributed by atoms with E-state index in [1.165, 1.54) is 33.5 Å². The van der Waals surface area contributed by atoms with Crippen molar-refractivity contribution in [2.24, 2.45) is 0 Å². The van der Waals surface area contributed by atoms with E-state index in [2.05, 4.69) is 68.3 Å². The number of sulfonamides is 2. The highest BCUT2D eigenvalue weighted by Crippen LogP contribution is 2.33. The minimum atomic E-state index is -3.15. The summed E-state index contributed by atoms with van der Waals surface area (Å²) in [4.78, 5) is 20.5. The van der Waals surface area contributed by atoms with Crippen LogP contribution in [0.2, 0.25) is 0 Å². The van der Waals surface area contributed by atoms with Crippen molar-refractivity contribution in [2.75, 3.05) is 38.7 Å². The SMILES string of the molecule is C[C@@H]1Cc2ncnc(C3=CCN(S(C)(=O)=O)CC3)c2CN1Cc1ccccc1.C[C@@H]1Cc2ncnc(C3CCN(S(C)(=O)=O)CC3)c2CN1. The number of nitrogens with one attached hydrogen (secondary N) is 1. The zero-order valence-electron chi connectivity index (χ0n) is 28.9. The van der Waals surface area contributed by atoms with Crippen molar-refractivity contribution in [2.45, 2.75) is 83.6 Å². The molecule has 12 nitrogen and oxygen atoms in total. The van der Waals surface area contributed by atoms with Gasteiger partial charge < -0.3 is 5.32 Å². The van der Waals surface area contributed by atoms with Gasteiger partial charge in [-0.1, -0.05) is 36.4 Å². The minimum Gasteiger partial charge on any atom is -0.310 e. The monoisotopic (exact) mass is 708 g/mol. The fraction of sp³-hybridized carbons (Fsp3) is 0.543. The summed E-state index contributed by atoms with van der Waals surface area (Å²) in [6.45, 7) is 9.04. The molecule has 0 spiro atoms. The average Bonchev–Trinajstić information content (AvgIpc) is 3.08. The van der Waals surface area contributed by atoms with Crippen molar-refractivity contribution in [3.05, 3.63) is 88.5 Å². The van der Waals surface area contributed by atoms with Crippen LogP contribution in [0.3, 0.4) is 0 Å². The first-order chi connectivity index (χ1) is 23.4. The fourth-order valence-corrected chi connectivity index (χ4v) is 8.96. The molecular weight excluding hydrogens is 661 g/mol. The van der Waals surface area contributed by atoms with E-state index in [9.17, 15) is 16.8 Å². The Bertz CT molecular complexity index is 1880. The van der Waals surface area contributed by atoms with Gasteiger partial charge in [-0.05, 0) is 44.2 Å². The lowest BCUT2D eigenvalue weighted by Gasteiger charge is -2.35. The Morgan fingerprint density at radius 3 is 2.14 bits per heavy atom. The van der Waals surface area contributed by atoms with E-state index in [1.54, 1.807) is 17.0 Å². The van der Waals surface area contributed by atoms with Gasteiger partial charge in [-0.25, -0.2) is 41.1 Å². The van der Waals surface area contributed by atoms with Crippen molar-refractivity contribution < 1.29 is 16.8 Å². The highest BCUT2D eigenvalue weighted by molar-refractivity contribution is 7.88. The van der Waals surface area contributed by atoms with Gasteiger partial charge in [-0.3, -0.25) is 4.90 Å². The summed E-state index contributed by atoms with van der Waals surface area (Å²) in [5.41, 5.74) is 9.23. The Hall–Kier alpha value is -3.14.